The molecule has 0 bridgehead atoms. The van der Waals surface area contributed by atoms with Crippen molar-refractivity contribution in [3.05, 3.63) is 60.2 Å². The lowest BCUT2D eigenvalue weighted by molar-refractivity contribution is 0.102. The van der Waals surface area contributed by atoms with E-state index < -0.39 is 0 Å². The molecule has 0 spiro atoms. The predicted molar refractivity (Wildman–Crippen MR) is 81.1 cm³/mol. The molecule has 1 N–H and O–H groups in total. The molecule has 0 saturated carbocycles. The maximum absolute atomic E-state index is 10.1. The summed E-state index contributed by atoms with van der Waals surface area (Å²) in [4.78, 5) is 0. The first kappa shape index (κ1) is 13.8. The fourth-order valence-corrected chi connectivity index (χ4v) is 2.38. The number of aliphatic hydroxyl groups is 1. The smallest absolute Gasteiger partial charge is 0.0628 e. The monoisotopic (exact) mass is 254 g/mol. The van der Waals surface area contributed by atoms with Crippen LogP contribution in [0.2, 0.25) is 0 Å². The van der Waals surface area contributed by atoms with Gasteiger partial charge in [0.15, 0.2) is 0 Å². The van der Waals surface area contributed by atoms with Crippen LogP contribution in [-0.2, 0) is 0 Å². The minimum Gasteiger partial charge on any atom is -0.392 e. The van der Waals surface area contributed by atoms with Crippen LogP contribution in [-0.4, -0.2) is 11.2 Å². The van der Waals surface area contributed by atoms with Crippen LogP contribution < -0.4 is 0 Å². The van der Waals surface area contributed by atoms with Gasteiger partial charge < -0.3 is 5.11 Å². The Hall–Kier alpha value is -1.60. The van der Waals surface area contributed by atoms with Crippen LogP contribution in [0, 0.1) is 5.92 Å². The Morgan fingerprint density at radius 3 is 1.79 bits per heavy atom. The van der Waals surface area contributed by atoms with Crippen molar-refractivity contribution in [2.75, 3.05) is 0 Å². The van der Waals surface area contributed by atoms with Crippen molar-refractivity contribution in [1.29, 1.82) is 0 Å². The van der Waals surface area contributed by atoms with Crippen LogP contribution in [0.5, 0.6) is 0 Å². The SMILES string of the molecule is CC(C)C(O)C(C)c1ccc(-c2ccccc2)cc1. The molecule has 0 radical (unpaired) electrons. The molecule has 0 heterocycles. The normalized spacial score (nSPS) is 14.4. The summed E-state index contributed by atoms with van der Waals surface area (Å²) in [5.74, 6) is 0.452. The molecule has 2 aromatic rings. The van der Waals surface area contributed by atoms with Gasteiger partial charge in [-0.3, -0.25) is 0 Å². The van der Waals surface area contributed by atoms with Crippen LogP contribution in [0.1, 0.15) is 32.3 Å². The predicted octanol–water partition coefficient (Wildman–Crippen LogP) is 4.47. The number of hydrogen-bond donors (Lipinski definition) is 1. The maximum Gasteiger partial charge on any atom is 0.0628 e. The second-order valence-electron chi connectivity index (χ2n) is 5.51. The zero-order valence-corrected chi connectivity index (χ0v) is 11.9. The first-order valence-electron chi connectivity index (χ1n) is 6.93. The molecule has 2 aromatic carbocycles. The van der Waals surface area contributed by atoms with Crippen LogP contribution in [0.4, 0.5) is 0 Å². The molecule has 0 aliphatic rings. The minimum absolute atomic E-state index is 0.171. The molecule has 0 aliphatic carbocycles. The van der Waals surface area contributed by atoms with Gasteiger partial charge in [-0.15, -0.1) is 0 Å². The minimum atomic E-state index is -0.289. The highest BCUT2D eigenvalue weighted by atomic mass is 16.3. The third-order valence-electron chi connectivity index (χ3n) is 3.74. The Morgan fingerprint density at radius 2 is 1.26 bits per heavy atom. The first-order chi connectivity index (χ1) is 9.09. The summed E-state index contributed by atoms with van der Waals surface area (Å²) in [6.07, 6.45) is -0.289. The number of rotatable bonds is 4. The molecular weight excluding hydrogens is 232 g/mol. The molecule has 2 atom stereocenters. The fraction of sp³-hybridized carbons (Fsp3) is 0.333. The van der Waals surface area contributed by atoms with Gasteiger partial charge in [-0.05, 0) is 22.6 Å². The molecule has 0 saturated heterocycles. The van der Waals surface area contributed by atoms with Crippen molar-refractivity contribution < 1.29 is 5.11 Å². The molecule has 2 rings (SSSR count). The molecule has 0 fully saturated rings. The lowest BCUT2D eigenvalue weighted by Crippen LogP contribution is -2.21. The highest BCUT2D eigenvalue weighted by molar-refractivity contribution is 5.63. The van der Waals surface area contributed by atoms with Crippen molar-refractivity contribution in [2.45, 2.75) is 32.8 Å². The Balaban J connectivity index is 2.19. The van der Waals surface area contributed by atoms with Crippen LogP contribution in [0.25, 0.3) is 11.1 Å². The van der Waals surface area contributed by atoms with Gasteiger partial charge in [-0.2, -0.15) is 0 Å². The van der Waals surface area contributed by atoms with Gasteiger partial charge in [0, 0.05) is 5.92 Å². The van der Waals surface area contributed by atoms with E-state index in [0.29, 0.717) is 0 Å². The van der Waals surface area contributed by atoms with E-state index in [1.54, 1.807) is 0 Å². The molecule has 0 aliphatic heterocycles. The zero-order chi connectivity index (χ0) is 13.8. The lowest BCUT2D eigenvalue weighted by Gasteiger charge is -2.22. The molecule has 19 heavy (non-hydrogen) atoms. The average molecular weight is 254 g/mol. The highest BCUT2D eigenvalue weighted by Crippen LogP contribution is 2.26. The lowest BCUT2D eigenvalue weighted by atomic mass is 9.88. The Labute approximate surface area is 115 Å². The van der Waals surface area contributed by atoms with E-state index in [0.717, 1.165) is 0 Å². The molecule has 100 valence electrons. The highest BCUT2D eigenvalue weighted by Gasteiger charge is 2.19. The van der Waals surface area contributed by atoms with E-state index in [2.05, 4.69) is 57.2 Å². The van der Waals surface area contributed by atoms with Gasteiger partial charge >= 0.3 is 0 Å². The van der Waals surface area contributed by atoms with Gasteiger partial charge in [-0.1, -0.05) is 75.4 Å². The third-order valence-corrected chi connectivity index (χ3v) is 3.74. The molecule has 0 amide bonds. The summed E-state index contributed by atoms with van der Waals surface area (Å²) in [5, 5.41) is 10.1. The summed E-state index contributed by atoms with van der Waals surface area (Å²) in [6.45, 7) is 6.20. The van der Waals surface area contributed by atoms with Crippen LogP contribution in [0.15, 0.2) is 54.6 Å². The van der Waals surface area contributed by atoms with Crippen molar-refractivity contribution in [1.82, 2.24) is 0 Å². The Kier molecular flexibility index (Phi) is 4.39. The van der Waals surface area contributed by atoms with Crippen molar-refractivity contribution in [3.8, 4) is 11.1 Å². The van der Waals surface area contributed by atoms with E-state index in [1.807, 2.05) is 18.2 Å². The van der Waals surface area contributed by atoms with E-state index in [-0.39, 0.29) is 17.9 Å². The largest absolute Gasteiger partial charge is 0.392 e. The molecular formula is C18H22O. The van der Waals surface area contributed by atoms with E-state index >= 15 is 0 Å². The summed E-state index contributed by atoms with van der Waals surface area (Å²) in [5.41, 5.74) is 3.64. The summed E-state index contributed by atoms with van der Waals surface area (Å²) >= 11 is 0. The first-order valence-corrected chi connectivity index (χ1v) is 6.93. The van der Waals surface area contributed by atoms with E-state index in [1.165, 1.54) is 16.7 Å². The van der Waals surface area contributed by atoms with Gasteiger partial charge in [0.05, 0.1) is 6.10 Å². The number of aliphatic hydroxyl groups excluding tert-OH is 1. The molecule has 0 aromatic heterocycles. The Morgan fingerprint density at radius 1 is 0.737 bits per heavy atom. The number of benzene rings is 2. The van der Waals surface area contributed by atoms with Crippen LogP contribution >= 0.6 is 0 Å². The van der Waals surface area contributed by atoms with Crippen molar-refractivity contribution in [2.24, 2.45) is 5.92 Å². The van der Waals surface area contributed by atoms with Crippen molar-refractivity contribution >= 4 is 0 Å². The zero-order valence-electron chi connectivity index (χ0n) is 11.9. The number of hydrogen-bond acceptors (Lipinski definition) is 1. The standard InChI is InChI=1S/C18H22O/c1-13(2)18(19)14(3)15-9-11-17(12-10-15)16-7-5-4-6-8-16/h4-14,18-19H,1-3H3. The summed E-state index contributed by atoms with van der Waals surface area (Å²) in [6, 6.07) is 18.9. The Bertz CT molecular complexity index is 499. The van der Waals surface area contributed by atoms with Crippen LogP contribution in [0.3, 0.4) is 0 Å². The molecule has 1 heteroatoms. The second kappa shape index (κ2) is 6.03. The van der Waals surface area contributed by atoms with Gasteiger partial charge in [0.2, 0.25) is 0 Å². The summed E-state index contributed by atoms with van der Waals surface area (Å²) in [7, 11) is 0. The topological polar surface area (TPSA) is 20.2 Å². The molecule has 2 unspecified atom stereocenters. The second-order valence-corrected chi connectivity index (χ2v) is 5.51. The van der Waals surface area contributed by atoms with Gasteiger partial charge in [-0.25, -0.2) is 0 Å². The van der Waals surface area contributed by atoms with Gasteiger partial charge in [0.1, 0.15) is 0 Å². The molecule has 1 nitrogen and oxygen atoms in total. The average Bonchev–Trinajstić information content (AvgIpc) is 2.46. The van der Waals surface area contributed by atoms with Gasteiger partial charge in [0.25, 0.3) is 0 Å². The quantitative estimate of drug-likeness (QED) is 0.853. The van der Waals surface area contributed by atoms with E-state index in [4.69, 9.17) is 0 Å². The third kappa shape index (κ3) is 3.24. The summed E-state index contributed by atoms with van der Waals surface area (Å²) < 4.78 is 0. The maximum atomic E-state index is 10.1. The fourth-order valence-electron chi connectivity index (χ4n) is 2.38. The van der Waals surface area contributed by atoms with Crippen molar-refractivity contribution in [3.63, 3.8) is 0 Å². The van der Waals surface area contributed by atoms with E-state index in [9.17, 15) is 5.11 Å².